The molecule has 0 aliphatic rings. The minimum absolute atomic E-state index is 0.425. The molecule has 0 saturated carbocycles. The summed E-state index contributed by atoms with van der Waals surface area (Å²) in [5.74, 6) is 3.17. The number of hydrogen-bond donors (Lipinski definition) is 0. The minimum atomic E-state index is 0.425. The number of allylic oxidation sites excluding steroid dienone is 2. The highest BCUT2D eigenvalue weighted by Crippen LogP contribution is 2.34. The Hall–Kier alpha value is -0.236. The first-order chi connectivity index (χ1) is 10.2. The highest BCUT2D eigenvalue weighted by Gasteiger charge is 2.25. The van der Waals surface area contributed by atoms with Crippen LogP contribution >= 0.6 is 15.9 Å². The molecule has 2 unspecified atom stereocenters. The van der Waals surface area contributed by atoms with Crippen molar-refractivity contribution in [1.29, 1.82) is 0 Å². The van der Waals surface area contributed by atoms with Crippen LogP contribution in [0.15, 0.2) is 21.9 Å². The molecular formula is C12H22B9Br. The number of benzene rings is 1. The number of rotatable bonds is 4. The van der Waals surface area contributed by atoms with Gasteiger partial charge in [-0.2, -0.15) is 0 Å². The van der Waals surface area contributed by atoms with Gasteiger partial charge < -0.3 is 0 Å². The zero-order valence-corrected chi connectivity index (χ0v) is 17.3. The maximum Gasteiger partial charge on any atom is 0.138 e. The first-order valence-electron chi connectivity index (χ1n) is 8.15. The third-order valence-corrected chi connectivity index (χ3v) is 6.43. The second-order valence-electron chi connectivity index (χ2n) is 6.69. The van der Waals surface area contributed by atoms with Crippen LogP contribution in [0.3, 0.4) is 0 Å². The van der Waals surface area contributed by atoms with Gasteiger partial charge in [0.05, 0.1) is 0 Å². The van der Waals surface area contributed by atoms with E-state index in [1.54, 1.807) is 0 Å². The molecule has 0 bridgehead atoms. The van der Waals surface area contributed by atoms with Gasteiger partial charge in [-0.3, -0.25) is 0 Å². The topological polar surface area (TPSA) is 0 Å². The van der Waals surface area contributed by atoms with Gasteiger partial charge in [0.15, 0.2) is 0 Å². The Kier molecular flexibility index (Phi) is 7.24. The lowest BCUT2D eigenvalue weighted by atomic mass is 9.52. The smallest absolute Gasteiger partial charge is 0.134 e. The van der Waals surface area contributed by atoms with Crippen LogP contribution in [0.1, 0.15) is 11.5 Å². The quantitative estimate of drug-likeness (QED) is 0.477. The normalized spacial score (nSPS) is 15.5. The Morgan fingerprint density at radius 3 is 1.59 bits per heavy atom. The molecule has 0 N–H and O–H groups in total. The molecule has 2 atom stereocenters. The van der Waals surface area contributed by atoms with E-state index in [9.17, 15) is 0 Å². The lowest BCUT2D eigenvalue weighted by Gasteiger charge is -2.33. The highest BCUT2D eigenvalue weighted by molar-refractivity contribution is 9.11. The SMILES string of the molecule is B/C=C(\B)C(B)C(/C(B)=C/Br)c1c(B)c(B)c(B)c(B)c1B. The Balaban J connectivity index is 3.72. The molecule has 0 nitrogen and oxygen atoms in total. The largest absolute Gasteiger partial charge is 0.138 e. The zero-order valence-electron chi connectivity index (χ0n) is 15.7. The van der Waals surface area contributed by atoms with Gasteiger partial charge in [-0.1, -0.05) is 37.9 Å². The summed E-state index contributed by atoms with van der Waals surface area (Å²) in [6, 6.07) is 0. The molecule has 0 aliphatic carbocycles. The summed E-state index contributed by atoms with van der Waals surface area (Å²) < 4.78 is 0. The van der Waals surface area contributed by atoms with Crippen molar-refractivity contribution in [3.05, 3.63) is 27.5 Å². The van der Waals surface area contributed by atoms with E-state index in [1.807, 2.05) is 0 Å². The van der Waals surface area contributed by atoms with E-state index in [4.69, 9.17) is 0 Å². The van der Waals surface area contributed by atoms with E-state index in [2.05, 4.69) is 97.5 Å². The second kappa shape index (κ2) is 8.04. The van der Waals surface area contributed by atoms with Crippen molar-refractivity contribution in [3.8, 4) is 0 Å². The van der Waals surface area contributed by atoms with Crippen molar-refractivity contribution < 1.29 is 0 Å². The molecule has 0 amide bonds. The van der Waals surface area contributed by atoms with Crippen molar-refractivity contribution in [2.24, 2.45) is 0 Å². The summed E-state index contributed by atoms with van der Waals surface area (Å²) in [4.78, 5) is 2.10. The van der Waals surface area contributed by atoms with Crippen molar-refractivity contribution in [1.82, 2.24) is 0 Å². The van der Waals surface area contributed by atoms with Crippen LogP contribution in [0.5, 0.6) is 0 Å². The Morgan fingerprint density at radius 1 is 0.818 bits per heavy atom. The maximum atomic E-state index is 3.57. The van der Waals surface area contributed by atoms with Crippen LogP contribution in [0.25, 0.3) is 0 Å². The summed E-state index contributed by atoms with van der Waals surface area (Å²) in [6.45, 7) is 0. The molecule has 0 saturated heterocycles. The fourth-order valence-corrected chi connectivity index (χ4v) is 3.75. The van der Waals surface area contributed by atoms with Gasteiger partial charge in [0, 0.05) is 0 Å². The zero-order chi connectivity index (χ0) is 17.2. The van der Waals surface area contributed by atoms with E-state index < -0.39 is 0 Å². The van der Waals surface area contributed by atoms with Crippen LogP contribution in [-0.4, -0.2) is 70.6 Å². The van der Waals surface area contributed by atoms with Crippen molar-refractivity contribution in [2.75, 3.05) is 0 Å². The summed E-state index contributed by atoms with van der Waals surface area (Å²) in [7, 11) is 20.3. The van der Waals surface area contributed by atoms with E-state index in [0.29, 0.717) is 11.7 Å². The van der Waals surface area contributed by atoms with Crippen LogP contribution in [0, 0.1) is 0 Å². The fourth-order valence-electron chi connectivity index (χ4n) is 3.46. The third kappa shape index (κ3) is 3.63. The van der Waals surface area contributed by atoms with Gasteiger partial charge in [-0.25, -0.2) is 0 Å². The van der Waals surface area contributed by atoms with Gasteiger partial charge in [0.2, 0.25) is 0 Å². The molecule has 104 valence electrons. The van der Waals surface area contributed by atoms with E-state index >= 15 is 0 Å². The second-order valence-corrected chi connectivity index (χ2v) is 7.15. The van der Waals surface area contributed by atoms with Crippen LogP contribution in [0.2, 0.25) is 5.82 Å². The molecule has 0 heterocycles. The predicted molar refractivity (Wildman–Crippen MR) is 133 cm³/mol. The lowest BCUT2D eigenvalue weighted by molar-refractivity contribution is 0.848. The van der Waals surface area contributed by atoms with E-state index in [-0.39, 0.29) is 0 Å². The first-order valence-corrected chi connectivity index (χ1v) is 9.07. The number of halogens is 1. The molecule has 0 aromatic heterocycles. The van der Waals surface area contributed by atoms with Gasteiger partial charge >= 0.3 is 0 Å². The highest BCUT2D eigenvalue weighted by atomic mass is 79.9. The monoisotopic (exact) mass is 344 g/mol. The van der Waals surface area contributed by atoms with Gasteiger partial charge in [0.25, 0.3) is 0 Å². The van der Waals surface area contributed by atoms with Crippen molar-refractivity contribution in [3.63, 3.8) is 0 Å². The third-order valence-electron chi connectivity index (χ3n) is 5.71. The van der Waals surface area contributed by atoms with E-state index in [0.717, 1.165) is 0 Å². The van der Waals surface area contributed by atoms with E-state index in [1.165, 1.54) is 43.8 Å². The minimum Gasteiger partial charge on any atom is -0.134 e. The fraction of sp³-hybridized carbons (Fsp3) is 0.167. The molecule has 1 aromatic carbocycles. The summed E-state index contributed by atoms with van der Waals surface area (Å²) in [6.07, 6.45) is 0. The average molecular weight is 344 g/mol. The van der Waals surface area contributed by atoms with Crippen LogP contribution in [0.4, 0.5) is 0 Å². The Bertz CT molecular complexity index is 609. The molecule has 0 aliphatic heterocycles. The molecule has 1 aromatic rings. The van der Waals surface area contributed by atoms with Gasteiger partial charge in [-0.05, 0) is 16.7 Å². The van der Waals surface area contributed by atoms with Crippen molar-refractivity contribution in [2.45, 2.75) is 11.7 Å². The lowest BCUT2D eigenvalue weighted by Crippen LogP contribution is -2.57. The number of hydrogen-bond acceptors (Lipinski definition) is 0. The molecule has 0 spiro atoms. The predicted octanol–water partition coefficient (Wildman–Crippen LogP) is -8.54. The molecule has 22 heavy (non-hydrogen) atoms. The summed E-state index contributed by atoms with van der Waals surface area (Å²) >= 11 is 3.57. The maximum absolute atomic E-state index is 3.57. The molecule has 1 rings (SSSR count). The van der Waals surface area contributed by atoms with Gasteiger partial charge in [0.1, 0.15) is 70.6 Å². The standard InChI is InChI=1S/C12H22B9Br/c13-1-3(14)7(16)5(4(15)2-22)6-8(17)10(19)12(21)11(20)9(6)18/h1-2,5,7H,13-21H2/b3-1-,4-2-. The first kappa shape index (κ1) is 19.8. The Morgan fingerprint density at radius 2 is 1.23 bits per heavy atom. The van der Waals surface area contributed by atoms with Gasteiger partial charge in [-0.15, -0.1) is 27.8 Å². The van der Waals surface area contributed by atoms with Crippen LogP contribution in [-0.2, 0) is 0 Å². The Labute approximate surface area is 152 Å². The average Bonchev–Trinajstić information content (AvgIpc) is 2.52. The molecular weight excluding hydrogens is 321 g/mol. The van der Waals surface area contributed by atoms with Crippen molar-refractivity contribution >= 4 is 114 Å². The van der Waals surface area contributed by atoms with Crippen LogP contribution < -0.4 is 27.3 Å². The molecule has 0 fully saturated rings. The molecule has 0 radical (unpaired) electrons. The summed E-state index contributed by atoms with van der Waals surface area (Å²) in [5.41, 5.74) is 11.6. The summed E-state index contributed by atoms with van der Waals surface area (Å²) in [5, 5.41) is 0. The molecule has 10 heteroatoms.